The molecular weight excluding hydrogens is 394 g/mol. The first-order valence-corrected chi connectivity index (χ1v) is 10.7. The van der Waals surface area contributed by atoms with E-state index >= 15 is 0 Å². The number of amides is 3. The van der Waals surface area contributed by atoms with Crippen LogP contribution in [0.1, 0.15) is 42.4 Å². The first kappa shape index (κ1) is 21.2. The van der Waals surface area contributed by atoms with Crippen molar-refractivity contribution in [3.63, 3.8) is 0 Å². The van der Waals surface area contributed by atoms with Gasteiger partial charge in [-0.3, -0.25) is 24.3 Å². The molecule has 2 aromatic rings. The fourth-order valence-electron chi connectivity index (χ4n) is 4.74. The van der Waals surface area contributed by atoms with Gasteiger partial charge < -0.3 is 10.0 Å². The summed E-state index contributed by atoms with van der Waals surface area (Å²) in [5.41, 5.74) is 1.18. The second-order valence-corrected chi connectivity index (χ2v) is 8.53. The summed E-state index contributed by atoms with van der Waals surface area (Å²) < 4.78 is 0. The number of aliphatic hydroxyl groups excluding tert-OH is 1. The predicted octanol–water partition coefficient (Wildman–Crippen LogP) is 1.96. The molecule has 0 unspecified atom stereocenters. The van der Waals surface area contributed by atoms with Crippen molar-refractivity contribution in [3.8, 4) is 0 Å². The third-order valence-electron chi connectivity index (χ3n) is 6.36. The highest BCUT2D eigenvalue weighted by Crippen LogP contribution is 2.42. The fraction of sp³-hybridized carbons (Fsp3) is 0.417. The van der Waals surface area contributed by atoms with Crippen LogP contribution in [0.2, 0.25) is 0 Å². The SMILES string of the molecule is Cc1ccccc1[C@@]1(CC(=O)N2CCC[C@@H](O)C2)CC(=O)N(Cc2ccncc2)C1=O. The number of aryl methyl sites for hydroxylation is 1. The van der Waals surface area contributed by atoms with Gasteiger partial charge in [-0.2, -0.15) is 0 Å². The standard InChI is InChI=1S/C24H27N3O4/c1-17-5-2-3-7-20(17)24(13-21(29)26-12-4-6-19(28)16-26)14-22(30)27(23(24)31)15-18-8-10-25-11-9-18/h2-3,5,7-11,19,28H,4,6,12-16H2,1H3/t19-,24-/m1/s1. The Kier molecular flexibility index (Phi) is 5.87. The number of β-amino-alcohol motifs (C(OH)–C–C–N with tert-alkyl or cyclic N) is 1. The van der Waals surface area contributed by atoms with E-state index in [-0.39, 0.29) is 43.7 Å². The molecule has 7 heteroatoms. The number of likely N-dealkylation sites (tertiary alicyclic amines) is 2. The average molecular weight is 421 g/mol. The number of benzene rings is 1. The van der Waals surface area contributed by atoms with Crippen LogP contribution >= 0.6 is 0 Å². The van der Waals surface area contributed by atoms with E-state index in [1.165, 1.54) is 4.90 Å². The largest absolute Gasteiger partial charge is 0.391 e. The number of aliphatic hydroxyl groups is 1. The maximum absolute atomic E-state index is 13.7. The Labute approximate surface area is 181 Å². The highest BCUT2D eigenvalue weighted by molar-refractivity contribution is 6.10. The molecule has 0 radical (unpaired) electrons. The van der Waals surface area contributed by atoms with Crippen molar-refractivity contribution >= 4 is 17.7 Å². The molecule has 4 rings (SSSR count). The molecule has 3 amide bonds. The molecule has 1 aromatic carbocycles. The zero-order chi connectivity index (χ0) is 22.0. The van der Waals surface area contributed by atoms with Gasteiger partial charge in [0.15, 0.2) is 0 Å². The van der Waals surface area contributed by atoms with Crippen LogP contribution in [0.15, 0.2) is 48.8 Å². The molecule has 2 aliphatic rings. The number of hydrogen-bond donors (Lipinski definition) is 1. The van der Waals surface area contributed by atoms with Gasteiger partial charge in [-0.15, -0.1) is 0 Å². The van der Waals surface area contributed by atoms with Gasteiger partial charge in [0, 0.05) is 38.3 Å². The second kappa shape index (κ2) is 8.59. The van der Waals surface area contributed by atoms with Crippen molar-refractivity contribution in [3.05, 3.63) is 65.5 Å². The lowest BCUT2D eigenvalue weighted by Gasteiger charge is -2.34. The van der Waals surface area contributed by atoms with Crippen LogP contribution in [0, 0.1) is 6.92 Å². The number of imide groups is 1. The lowest BCUT2D eigenvalue weighted by Crippen LogP contribution is -2.47. The molecule has 3 heterocycles. The molecule has 7 nitrogen and oxygen atoms in total. The molecule has 0 aliphatic carbocycles. The summed E-state index contributed by atoms with van der Waals surface area (Å²) in [6.45, 7) is 2.88. The zero-order valence-electron chi connectivity index (χ0n) is 17.7. The van der Waals surface area contributed by atoms with Gasteiger partial charge in [-0.05, 0) is 48.6 Å². The summed E-state index contributed by atoms with van der Waals surface area (Å²) in [6, 6.07) is 11.0. The van der Waals surface area contributed by atoms with Gasteiger partial charge in [0.25, 0.3) is 0 Å². The molecule has 2 saturated heterocycles. The van der Waals surface area contributed by atoms with E-state index in [1.807, 2.05) is 31.2 Å². The number of rotatable bonds is 5. The van der Waals surface area contributed by atoms with E-state index in [4.69, 9.17) is 0 Å². The molecule has 162 valence electrons. The summed E-state index contributed by atoms with van der Waals surface area (Å²) in [4.78, 5) is 46.9. The summed E-state index contributed by atoms with van der Waals surface area (Å²) in [6.07, 6.45) is 3.98. The molecule has 1 N–H and O–H groups in total. The van der Waals surface area contributed by atoms with Crippen molar-refractivity contribution in [1.82, 2.24) is 14.8 Å². The minimum absolute atomic E-state index is 0.0378. The van der Waals surface area contributed by atoms with Gasteiger partial charge >= 0.3 is 0 Å². The maximum Gasteiger partial charge on any atom is 0.241 e. The molecule has 0 saturated carbocycles. The molecule has 0 bridgehead atoms. The van der Waals surface area contributed by atoms with Crippen LogP contribution in [0.3, 0.4) is 0 Å². The molecule has 0 spiro atoms. The van der Waals surface area contributed by atoms with E-state index in [9.17, 15) is 19.5 Å². The van der Waals surface area contributed by atoms with Gasteiger partial charge in [-0.25, -0.2) is 0 Å². The summed E-state index contributed by atoms with van der Waals surface area (Å²) in [5.74, 6) is -0.819. The molecule has 31 heavy (non-hydrogen) atoms. The molecular formula is C24H27N3O4. The van der Waals surface area contributed by atoms with Gasteiger partial charge in [0.2, 0.25) is 17.7 Å². The Morgan fingerprint density at radius 2 is 1.94 bits per heavy atom. The van der Waals surface area contributed by atoms with Crippen LogP contribution < -0.4 is 0 Å². The van der Waals surface area contributed by atoms with Crippen LogP contribution in [0.25, 0.3) is 0 Å². The lowest BCUT2D eigenvalue weighted by molar-refractivity contribution is -0.144. The van der Waals surface area contributed by atoms with Crippen molar-refractivity contribution in [1.29, 1.82) is 0 Å². The number of carbonyl (C=O) groups is 3. The predicted molar refractivity (Wildman–Crippen MR) is 114 cm³/mol. The highest BCUT2D eigenvalue weighted by Gasteiger charge is 2.54. The summed E-state index contributed by atoms with van der Waals surface area (Å²) in [7, 11) is 0. The van der Waals surface area contributed by atoms with Gasteiger partial charge in [0.05, 0.1) is 18.1 Å². The minimum atomic E-state index is -1.23. The average Bonchev–Trinajstić information content (AvgIpc) is 2.99. The second-order valence-electron chi connectivity index (χ2n) is 8.53. The fourth-order valence-corrected chi connectivity index (χ4v) is 4.74. The number of nitrogens with zero attached hydrogens (tertiary/aromatic N) is 3. The molecule has 2 atom stereocenters. The Morgan fingerprint density at radius 1 is 1.19 bits per heavy atom. The van der Waals surface area contributed by atoms with Crippen molar-refractivity contribution < 1.29 is 19.5 Å². The Bertz CT molecular complexity index is 993. The van der Waals surface area contributed by atoms with Crippen LogP contribution in [0.4, 0.5) is 0 Å². The molecule has 2 fully saturated rings. The number of hydrogen-bond acceptors (Lipinski definition) is 5. The van der Waals surface area contributed by atoms with Crippen LogP contribution in [0.5, 0.6) is 0 Å². The summed E-state index contributed by atoms with van der Waals surface area (Å²) in [5, 5.41) is 9.99. The monoisotopic (exact) mass is 421 g/mol. The minimum Gasteiger partial charge on any atom is -0.391 e. The molecule has 2 aliphatic heterocycles. The molecule has 1 aromatic heterocycles. The van der Waals surface area contributed by atoms with E-state index in [2.05, 4.69) is 4.98 Å². The topological polar surface area (TPSA) is 90.8 Å². The van der Waals surface area contributed by atoms with Gasteiger partial charge in [0.1, 0.15) is 0 Å². The normalized spacial score (nSPS) is 24.0. The van der Waals surface area contributed by atoms with E-state index < -0.39 is 11.5 Å². The highest BCUT2D eigenvalue weighted by atomic mass is 16.3. The first-order valence-electron chi connectivity index (χ1n) is 10.7. The quantitative estimate of drug-likeness (QED) is 0.746. The van der Waals surface area contributed by atoms with Crippen LogP contribution in [-0.4, -0.2) is 56.8 Å². The maximum atomic E-state index is 13.7. The van der Waals surface area contributed by atoms with Crippen molar-refractivity contribution in [2.24, 2.45) is 0 Å². The number of pyridine rings is 1. The zero-order valence-corrected chi connectivity index (χ0v) is 17.7. The first-order chi connectivity index (χ1) is 14.9. The third kappa shape index (κ3) is 4.10. The number of aromatic nitrogens is 1. The lowest BCUT2D eigenvalue weighted by atomic mass is 9.73. The Hall–Kier alpha value is -3.06. The third-order valence-corrected chi connectivity index (χ3v) is 6.36. The number of piperidine rings is 1. The van der Waals surface area contributed by atoms with E-state index in [0.717, 1.165) is 23.1 Å². The van der Waals surface area contributed by atoms with Crippen molar-refractivity contribution in [2.45, 2.75) is 50.7 Å². The Morgan fingerprint density at radius 3 is 2.65 bits per heavy atom. The Balaban J connectivity index is 1.68. The van der Waals surface area contributed by atoms with Crippen LogP contribution in [-0.2, 0) is 26.3 Å². The summed E-state index contributed by atoms with van der Waals surface area (Å²) >= 11 is 0. The van der Waals surface area contributed by atoms with E-state index in [1.54, 1.807) is 29.4 Å². The van der Waals surface area contributed by atoms with E-state index in [0.29, 0.717) is 13.0 Å². The van der Waals surface area contributed by atoms with Crippen molar-refractivity contribution in [2.75, 3.05) is 13.1 Å². The smallest absolute Gasteiger partial charge is 0.241 e. The number of carbonyl (C=O) groups excluding carboxylic acids is 3. The van der Waals surface area contributed by atoms with Gasteiger partial charge in [-0.1, -0.05) is 24.3 Å².